The predicted molar refractivity (Wildman–Crippen MR) is 82.4 cm³/mol. The molecule has 2 N–H and O–H groups in total. The van der Waals surface area contributed by atoms with Gasteiger partial charge in [-0.05, 0) is 12.1 Å². The van der Waals surface area contributed by atoms with Crippen LogP contribution in [0.2, 0.25) is 0 Å². The van der Waals surface area contributed by atoms with Crippen molar-refractivity contribution in [3.63, 3.8) is 0 Å². The molecule has 0 saturated heterocycles. The van der Waals surface area contributed by atoms with Gasteiger partial charge in [-0.2, -0.15) is 0 Å². The fourth-order valence-corrected chi connectivity index (χ4v) is 2.08. The lowest BCUT2D eigenvalue weighted by Gasteiger charge is -2.11. The number of carbonyl (C=O) groups is 1. The highest BCUT2D eigenvalue weighted by Crippen LogP contribution is 2.37. The molecule has 0 bridgehead atoms. The van der Waals surface area contributed by atoms with Gasteiger partial charge in [0.1, 0.15) is 17.2 Å². The van der Waals surface area contributed by atoms with Gasteiger partial charge in [0.05, 0.1) is 25.3 Å². The number of methoxy groups -OCH3 is 2. The summed E-state index contributed by atoms with van der Waals surface area (Å²) in [6.45, 7) is 0. The molecule has 0 heterocycles. The first-order valence-electron chi connectivity index (χ1n) is 6.16. The Morgan fingerprint density at radius 3 is 2.18 bits per heavy atom. The number of hydrogen-bond acceptors (Lipinski definition) is 7. The van der Waals surface area contributed by atoms with Crippen molar-refractivity contribution >= 4 is 18.7 Å². The molecule has 22 heavy (non-hydrogen) atoms. The van der Waals surface area contributed by atoms with Crippen molar-refractivity contribution in [1.82, 2.24) is 0 Å². The predicted octanol–water partition coefficient (Wildman–Crippen LogP) is 2.57. The van der Waals surface area contributed by atoms with E-state index in [0.717, 1.165) is 0 Å². The molecule has 2 rings (SSSR count). The van der Waals surface area contributed by atoms with Crippen LogP contribution in [0.3, 0.4) is 0 Å². The fourth-order valence-electron chi connectivity index (χ4n) is 1.94. The molecule has 0 saturated carbocycles. The number of phenols is 2. The van der Waals surface area contributed by atoms with Crippen molar-refractivity contribution in [1.29, 1.82) is 0 Å². The Morgan fingerprint density at radius 1 is 0.955 bits per heavy atom. The van der Waals surface area contributed by atoms with Crippen LogP contribution in [0.5, 0.6) is 28.7 Å². The number of ketones is 1. The zero-order valence-corrected chi connectivity index (χ0v) is 12.8. The summed E-state index contributed by atoms with van der Waals surface area (Å²) >= 11 is 3.68. The Hall–Kier alpha value is -2.54. The van der Waals surface area contributed by atoms with E-state index in [4.69, 9.17) is 13.7 Å². The molecular weight excluding hydrogens is 308 g/mol. The van der Waals surface area contributed by atoms with E-state index in [1.54, 1.807) is 0 Å². The van der Waals surface area contributed by atoms with Crippen LogP contribution in [-0.2, 0) is 0 Å². The highest BCUT2D eigenvalue weighted by atomic mass is 32.1. The number of carbonyl (C=O) groups excluding carboxylic acids is 1. The van der Waals surface area contributed by atoms with Crippen LogP contribution >= 0.6 is 12.9 Å². The molecule has 0 spiro atoms. The van der Waals surface area contributed by atoms with E-state index in [0.29, 0.717) is 5.75 Å². The van der Waals surface area contributed by atoms with Gasteiger partial charge >= 0.3 is 0 Å². The standard InChI is InChI=1S/C15H14O6S/c1-19-8-3-4-9(11(16)5-8)15(18)10-6-14(21-22)13(20-2)7-12(10)17/h3-7,16-17,22H,1-2H3. The van der Waals surface area contributed by atoms with Crippen LogP contribution < -0.4 is 13.7 Å². The average molecular weight is 322 g/mol. The smallest absolute Gasteiger partial charge is 0.200 e. The maximum Gasteiger partial charge on any atom is 0.200 e. The molecule has 0 fully saturated rings. The third-order valence-corrected chi connectivity index (χ3v) is 3.27. The normalized spacial score (nSPS) is 10.1. The molecular formula is C15H14O6S. The lowest BCUT2D eigenvalue weighted by molar-refractivity contribution is 0.103. The summed E-state index contributed by atoms with van der Waals surface area (Å²) in [5.41, 5.74) is -0.0308. The van der Waals surface area contributed by atoms with Crippen molar-refractivity contribution in [3.8, 4) is 28.7 Å². The quantitative estimate of drug-likeness (QED) is 0.446. The summed E-state index contributed by atoms with van der Waals surface area (Å²) in [7, 11) is 2.84. The van der Waals surface area contributed by atoms with Crippen molar-refractivity contribution in [2.45, 2.75) is 0 Å². The maximum absolute atomic E-state index is 12.5. The van der Waals surface area contributed by atoms with Crippen LogP contribution in [0.1, 0.15) is 15.9 Å². The molecule has 0 aliphatic carbocycles. The molecule has 0 atom stereocenters. The molecule has 0 aliphatic heterocycles. The zero-order valence-electron chi connectivity index (χ0n) is 11.9. The Morgan fingerprint density at radius 2 is 1.64 bits per heavy atom. The van der Waals surface area contributed by atoms with E-state index in [1.165, 1.54) is 44.6 Å². The van der Waals surface area contributed by atoms with Gasteiger partial charge in [-0.1, -0.05) is 0 Å². The minimum Gasteiger partial charge on any atom is -0.507 e. The van der Waals surface area contributed by atoms with Gasteiger partial charge in [-0.3, -0.25) is 4.79 Å². The monoisotopic (exact) mass is 322 g/mol. The summed E-state index contributed by atoms with van der Waals surface area (Å²) in [5, 5.41) is 19.9. The number of aromatic hydroxyl groups is 2. The molecule has 2 aromatic carbocycles. The van der Waals surface area contributed by atoms with Crippen LogP contribution in [0.4, 0.5) is 0 Å². The van der Waals surface area contributed by atoms with E-state index in [2.05, 4.69) is 12.9 Å². The van der Waals surface area contributed by atoms with Crippen molar-refractivity contribution in [2.24, 2.45) is 0 Å². The van der Waals surface area contributed by atoms with Crippen molar-refractivity contribution in [2.75, 3.05) is 14.2 Å². The SMILES string of the molecule is COc1ccc(C(=O)c2cc(OS)c(OC)cc2O)c(O)c1. The summed E-state index contributed by atoms with van der Waals surface area (Å²) in [6, 6.07) is 6.77. The first kappa shape index (κ1) is 15.8. The van der Waals surface area contributed by atoms with Gasteiger partial charge in [0.15, 0.2) is 11.5 Å². The number of hydrogen-bond donors (Lipinski definition) is 3. The van der Waals surface area contributed by atoms with E-state index in [-0.39, 0.29) is 34.1 Å². The molecule has 0 unspecified atom stereocenters. The molecule has 7 heteroatoms. The van der Waals surface area contributed by atoms with E-state index < -0.39 is 5.78 Å². The Kier molecular flexibility index (Phi) is 4.67. The minimum atomic E-state index is -0.577. The Bertz CT molecular complexity index is 713. The molecule has 0 amide bonds. The first-order valence-corrected chi connectivity index (χ1v) is 6.52. The number of thiol groups is 1. The van der Waals surface area contributed by atoms with E-state index >= 15 is 0 Å². The lowest BCUT2D eigenvalue weighted by atomic mass is 10.0. The van der Waals surface area contributed by atoms with E-state index in [1.807, 2.05) is 0 Å². The van der Waals surface area contributed by atoms with E-state index in [9.17, 15) is 15.0 Å². The summed E-state index contributed by atoms with van der Waals surface area (Å²) in [5.74, 6) is -0.332. The van der Waals surface area contributed by atoms with Gasteiger partial charge in [-0.15, -0.1) is 0 Å². The third kappa shape index (κ3) is 2.89. The van der Waals surface area contributed by atoms with Gasteiger partial charge in [0, 0.05) is 31.1 Å². The molecule has 116 valence electrons. The Labute approximate surface area is 132 Å². The Balaban J connectivity index is 2.49. The fraction of sp³-hybridized carbons (Fsp3) is 0.133. The summed E-state index contributed by atoms with van der Waals surface area (Å²) < 4.78 is 14.8. The highest BCUT2D eigenvalue weighted by molar-refractivity contribution is 7.75. The highest BCUT2D eigenvalue weighted by Gasteiger charge is 2.21. The van der Waals surface area contributed by atoms with Gasteiger partial charge < -0.3 is 23.9 Å². The molecule has 0 aliphatic rings. The number of ether oxygens (including phenoxy) is 2. The largest absolute Gasteiger partial charge is 0.507 e. The minimum absolute atomic E-state index is 0.0198. The summed E-state index contributed by atoms with van der Waals surface area (Å²) in [4.78, 5) is 12.5. The van der Waals surface area contributed by atoms with Crippen molar-refractivity contribution in [3.05, 3.63) is 41.5 Å². The second kappa shape index (κ2) is 6.48. The molecule has 0 aromatic heterocycles. The second-order valence-corrected chi connectivity index (χ2v) is 4.51. The van der Waals surface area contributed by atoms with Gasteiger partial charge in [0.25, 0.3) is 0 Å². The average Bonchev–Trinajstić information content (AvgIpc) is 2.53. The van der Waals surface area contributed by atoms with Crippen LogP contribution in [0, 0.1) is 0 Å². The topological polar surface area (TPSA) is 85.2 Å². The number of rotatable bonds is 5. The van der Waals surface area contributed by atoms with Crippen molar-refractivity contribution < 1.29 is 28.7 Å². The zero-order chi connectivity index (χ0) is 16.3. The number of benzene rings is 2. The first-order chi connectivity index (χ1) is 10.5. The molecule has 0 radical (unpaired) electrons. The van der Waals surface area contributed by atoms with Gasteiger partial charge in [0.2, 0.25) is 5.78 Å². The molecule has 2 aromatic rings. The summed E-state index contributed by atoms with van der Waals surface area (Å²) in [6.07, 6.45) is 0. The molecule has 6 nitrogen and oxygen atoms in total. The van der Waals surface area contributed by atoms with Gasteiger partial charge in [-0.25, -0.2) is 0 Å². The van der Waals surface area contributed by atoms with Crippen LogP contribution in [-0.4, -0.2) is 30.2 Å². The lowest BCUT2D eigenvalue weighted by Crippen LogP contribution is -2.03. The maximum atomic E-state index is 12.5. The number of phenolic OH excluding ortho intramolecular Hbond substituents is 2. The third-order valence-electron chi connectivity index (χ3n) is 3.07. The second-order valence-electron chi connectivity index (χ2n) is 4.32. The van der Waals surface area contributed by atoms with Crippen LogP contribution in [0.25, 0.3) is 0 Å². The van der Waals surface area contributed by atoms with Crippen LogP contribution in [0.15, 0.2) is 30.3 Å².